The average molecular weight is 365 g/mol. The molecule has 0 aromatic heterocycles. The summed E-state index contributed by atoms with van der Waals surface area (Å²) < 4.78 is 14.9. The Bertz CT molecular complexity index is 922. The highest BCUT2D eigenvalue weighted by atomic mass is 19.1. The normalized spacial score (nSPS) is 15.8. The number of anilines is 1. The second-order valence-corrected chi connectivity index (χ2v) is 8.07. The molecule has 0 saturated heterocycles. The fraction of sp³-hybridized carbons (Fsp3) is 0.375. The lowest BCUT2D eigenvalue weighted by Crippen LogP contribution is -2.45. The number of benzene rings is 2. The molecule has 0 bridgehead atoms. The molecule has 3 heteroatoms. The molecule has 142 valence electrons. The van der Waals surface area contributed by atoms with Crippen LogP contribution in [0.25, 0.3) is 5.57 Å². The predicted molar refractivity (Wildman–Crippen MR) is 115 cm³/mol. The van der Waals surface area contributed by atoms with E-state index in [0.717, 1.165) is 41.0 Å². The quantitative estimate of drug-likeness (QED) is 0.558. The lowest BCUT2D eigenvalue weighted by Gasteiger charge is -2.43. The van der Waals surface area contributed by atoms with Crippen molar-refractivity contribution in [3.8, 4) is 0 Å². The first-order valence-corrected chi connectivity index (χ1v) is 9.65. The summed E-state index contributed by atoms with van der Waals surface area (Å²) in [6, 6.07) is 9.74. The summed E-state index contributed by atoms with van der Waals surface area (Å²) in [5.41, 5.74) is 6.77. The molecule has 0 spiro atoms. The third kappa shape index (κ3) is 3.83. The highest BCUT2D eigenvalue weighted by molar-refractivity contribution is 5.89. The zero-order valence-corrected chi connectivity index (χ0v) is 17.2. The molecule has 2 aromatic carbocycles. The SMILES string of the molecule is CCCN1c2cc(F)c(C=Nc3cc(C)ccc3C)cc2C(C)=CC1(C)C. The molecule has 0 N–H and O–H groups in total. The molecule has 27 heavy (non-hydrogen) atoms. The maximum absolute atomic E-state index is 14.9. The van der Waals surface area contributed by atoms with Crippen LogP contribution in [0.4, 0.5) is 15.8 Å². The number of halogens is 1. The topological polar surface area (TPSA) is 15.6 Å². The molecule has 3 rings (SSSR count). The highest BCUT2D eigenvalue weighted by Gasteiger charge is 2.31. The molecule has 0 saturated carbocycles. The molecule has 0 amide bonds. The summed E-state index contributed by atoms with van der Waals surface area (Å²) in [5.74, 6) is -0.227. The van der Waals surface area contributed by atoms with Crippen LogP contribution in [0.2, 0.25) is 0 Å². The molecule has 0 atom stereocenters. The number of nitrogens with zero attached hydrogens (tertiary/aromatic N) is 2. The first-order chi connectivity index (χ1) is 12.7. The van der Waals surface area contributed by atoms with Gasteiger partial charge in [0.15, 0.2) is 0 Å². The van der Waals surface area contributed by atoms with E-state index in [1.165, 1.54) is 5.57 Å². The van der Waals surface area contributed by atoms with E-state index in [-0.39, 0.29) is 11.4 Å². The maximum atomic E-state index is 14.9. The van der Waals surface area contributed by atoms with Crippen molar-refractivity contribution in [1.82, 2.24) is 0 Å². The Morgan fingerprint density at radius 1 is 1.11 bits per heavy atom. The van der Waals surface area contributed by atoms with Crippen LogP contribution in [0.3, 0.4) is 0 Å². The van der Waals surface area contributed by atoms with Crippen molar-refractivity contribution in [2.24, 2.45) is 4.99 Å². The Morgan fingerprint density at radius 2 is 1.85 bits per heavy atom. The first-order valence-electron chi connectivity index (χ1n) is 9.65. The molecule has 1 aliphatic rings. The van der Waals surface area contributed by atoms with Crippen LogP contribution in [0, 0.1) is 19.7 Å². The standard InChI is InChI=1S/C24H29FN2/c1-7-10-27-23-13-21(25)19(12-20(23)18(4)14-24(27,5)6)15-26-22-11-16(2)8-9-17(22)3/h8-9,11-15H,7,10H2,1-6H3. The van der Waals surface area contributed by atoms with Crippen LogP contribution >= 0.6 is 0 Å². The van der Waals surface area contributed by atoms with E-state index in [4.69, 9.17) is 0 Å². The number of rotatable bonds is 4. The van der Waals surface area contributed by atoms with Crippen LogP contribution in [-0.4, -0.2) is 18.3 Å². The van der Waals surface area contributed by atoms with E-state index in [0.29, 0.717) is 5.56 Å². The molecule has 0 fully saturated rings. The minimum Gasteiger partial charge on any atom is -0.362 e. The van der Waals surface area contributed by atoms with Crippen LogP contribution in [0.5, 0.6) is 0 Å². The van der Waals surface area contributed by atoms with Gasteiger partial charge in [-0.25, -0.2) is 4.39 Å². The lowest BCUT2D eigenvalue weighted by atomic mass is 9.87. The van der Waals surface area contributed by atoms with Gasteiger partial charge in [-0.15, -0.1) is 0 Å². The summed E-state index contributed by atoms with van der Waals surface area (Å²) in [6.45, 7) is 13.6. The zero-order valence-electron chi connectivity index (χ0n) is 17.2. The summed E-state index contributed by atoms with van der Waals surface area (Å²) in [6.07, 6.45) is 4.94. The van der Waals surface area contributed by atoms with E-state index in [1.54, 1.807) is 12.3 Å². The molecule has 1 heterocycles. The Balaban J connectivity index is 2.05. The van der Waals surface area contributed by atoms with Gasteiger partial charge in [-0.2, -0.15) is 0 Å². The van der Waals surface area contributed by atoms with Crippen LogP contribution in [0.1, 0.15) is 56.4 Å². The summed E-state index contributed by atoms with van der Waals surface area (Å²) in [7, 11) is 0. The van der Waals surface area contributed by atoms with Crippen LogP contribution < -0.4 is 4.90 Å². The molecule has 1 aliphatic heterocycles. The highest BCUT2D eigenvalue weighted by Crippen LogP contribution is 2.40. The molecular formula is C24H29FN2. The van der Waals surface area contributed by atoms with Crippen molar-refractivity contribution in [3.05, 3.63) is 64.5 Å². The minimum absolute atomic E-state index is 0.117. The Labute approximate surface area is 162 Å². The number of fused-ring (bicyclic) bond motifs is 1. The van der Waals surface area contributed by atoms with E-state index in [9.17, 15) is 4.39 Å². The van der Waals surface area contributed by atoms with Crippen LogP contribution in [0.15, 0.2) is 41.4 Å². The minimum atomic E-state index is -0.227. The van der Waals surface area contributed by atoms with Gasteiger partial charge < -0.3 is 4.90 Å². The average Bonchev–Trinajstić information content (AvgIpc) is 2.59. The van der Waals surface area contributed by atoms with Crippen molar-refractivity contribution in [1.29, 1.82) is 0 Å². The largest absolute Gasteiger partial charge is 0.362 e. The zero-order chi connectivity index (χ0) is 19.8. The Kier molecular flexibility index (Phi) is 5.23. The van der Waals surface area contributed by atoms with Crippen molar-refractivity contribution >= 4 is 23.2 Å². The Hall–Kier alpha value is -2.42. The second-order valence-electron chi connectivity index (χ2n) is 8.07. The van der Waals surface area contributed by atoms with Crippen molar-refractivity contribution in [3.63, 3.8) is 0 Å². The van der Waals surface area contributed by atoms with Gasteiger partial charge >= 0.3 is 0 Å². The second kappa shape index (κ2) is 7.30. The smallest absolute Gasteiger partial charge is 0.134 e. The summed E-state index contributed by atoms with van der Waals surface area (Å²) in [5, 5.41) is 0. The van der Waals surface area contributed by atoms with Gasteiger partial charge in [-0.05, 0) is 75.9 Å². The fourth-order valence-corrected chi connectivity index (χ4v) is 3.84. The number of allylic oxidation sites excluding steroid dienone is 1. The third-order valence-electron chi connectivity index (χ3n) is 5.25. The lowest BCUT2D eigenvalue weighted by molar-refractivity contribution is 0.546. The Morgan fingerprint density at radius 3 is 2.56 bits per heavy atom. The number of hydrogen-bond donors (Lipinski definition) is 0. The van der Waals surface area contributed by atoms with Gasteiger partial charge in [0.25, 0.3) is 0 Å². The van der Waals surface area contributed by atoms with Gasteiger partial charge in [0.2, 0.25) is 0 Å². The van der Waals surface area contributed by atoms with Gasteiger partial charge in [0.05, 0.1) is 11.2 Å². The maximum Gasteiger partial charge on any atom is 0.134 e. The van der Waals surface area contributed by atoms with Gasteiger partial charge in [0, 0.05) is 29.6 Å². The van der Waals surface area contributed by atoms with Gasteiger partial charge in [0.1, 0.15) is 5.82 Å². The van der Waals surface area contributed by atoms with Crippen molar-refractivity contribution in [2.45, 2.75) is 53.5 Å². The number of hydrogen-bond acceptors (Lipinski definition) is 2. The molecular weight excluding hydrogens is 335 g/mol. The van der Waals surface area contributed by atoms with Crippen LogP contribution in [-0.2, 0) is 0 Å². The number of aryl methyl sites for hydroxylation is 2. The summed E-state index contributed by atoms with van der Waals surface area (Å²) in [4.78, 5) is 6.85. The van der Waals surface area contributed by atoms with E-state index >= 15 is 0 Å². The van der Waals surface area contributed by atoms with Crippen molar-refractivity contribution < 1.29 is 4.39 Å². The molecule has 2 nitrogen and oxygen atoms in total. The number of aliphatic imine (C=N–C) groups is 1. The van der Waals surface area contributed by atoms with Gasteiger partial charge in [-0.3, -0.25) is 4.99 Å². The van der Waals surface area contributed by atoms with E-state index in [1.807, 2.05) is 32.0 Å². The third-order valence-corrected chi connectivity index (χ3v) is 5.25. The van der Waals surface area contributed by atoms with Crippen molar-refractivity contribution in [2.75, 3.05) is 11.4 Å². The predicted octanol–water partition coefficient (Wildman–Crippen LogP) is 6.61. The molecule has 0 radical (unpaired) electrons. The fourth-order valence-electron chi connectivity index (χ4n) is 3.84. The van der Waals surface area contributed by atoms with E-state index in [2.05, 4.69) is 49.7 Å². The van der Waals surface area contributed by atoms with Gasteiger partial charge in [-0.1, -0.05) is 25.1 Å². The monoisotopic (exact) mass is 364 g/mol. The summed E-state index contributed by atoms with van der Waals surface area (Å²) >= 11 is 0. The van der Waals surface area contributed by atoms with E-state index < -0.39 is 0 Å². The molecule has 0 aliphatic carbocycles. The first kappa shape index (κ1) is 19.3. The molecule has 0 unspecified atom stereocenters. The molecule has 2 aromatic rings.